The highest BCUT2D eigenvalue weighted by atomic mass is 32.2. The molecule has 0 saturated heterocycles. The highest BCUT2D eigenvalue weighted by molar-refractivity contribution is 8.07. The van der Waals surface area contributed by atoms with Crippen molar-refractivity contribution in [1.82, 2.24) is 5.32 Å². The molecule has 0 bridgehead atoms. The molecule has 178 valence electrons. The van der Waals surface area contributed by atoms with Gasteiger partial charge in [-0.2, -0.15) is 0 Å². The van der Waals surface area contributed by atoms with Crippen LogP contribution in [0.1, 0.15) is 55.0 Å². The molecule has 1 aliphatic rings. The van der Waals surface area contributed by atoms with Crippen LogP contribution in [0.25, 0.3) is 4.91 Å². The minimum Gasteiger partial charge on any atom is -0.490 e. The van der Waals surface area contributed by atoms with Crippen molar-refractivity contribution in [3.05, 3.63) is 70.4 Å². The van der Waals surface area contributed by atoms with Crippen molar-refractivity contribution in [1.29, 1.82) is 0 Å². The number of fused-ring (bicyclic) bond motifs is 1. The quantitative estimate of drug-likeness (QED) is 0.198. The van der Waals surface area contributed by atoms with E-state index in [0.29, 0.717) is 0 Å². The molecule has 0 unspecified atom stereocenters. The molecule has 0 saturated carbocycles. The van der Waals surface area contributed by atoms with Gasteiger partial charge in [-0.05, 0) is 95.2 Å². The van der Waals surface area contributed by atoms with E-state index in [1.54, 1.807) is 11.8 Å². The first-order valence-electron chi connectivity index (χ1n) is 10.9. The van der Waals surface area contributed by atoms with Crippen molar-refractivity contribution in [3.8, 4) is 17.6 Å². The van der Waals surface area contributed by atoms with Gasteiger partial charge in [0.2, 0.25) is 0 Å². The zero-order valence-electron chi connectivity index (χ0n) is 20.3. The Balaban J connectivity index is 0.00000101. The molecule has 0 spiro atoms. The van der Waals surface area contributed by atoms with Crippen molar-refractivity contribution in [3.63, 3.8) is 0 Å². The Bertz CT molecular complexity index is 975. The number of nitrogens with one attached hydrogen (secondary N) is 1. The van der Waals surface area contributed by atoms with Crippen molar-refractivity contribution in [2.75, 3.05) is 14.1 Å². The lowest BCUT2D eigenvalue weighted by Gasteiger charge is -2.14. The Hall–Kier alpha value is -2.56. The summed E-state index contributed by atoms with van der Waals surface area (Å²) in [7, 11) is 3.75. The van der Waals surface area contributed by atoms with Crippen LogP contribution in [0.2, 0.25) is 0 Å². The van der Waals surface area contributed by atoms with E-state index in [1.807, 2.05) is 47.1 Å². The molecule has 2 aromatic rings. The second kappa shape index (κ2) is 16.1. The molecule has 0 aromatic heterocycles. The lowest BCUT2D eigenvalue weighted by atomic mass is 10.0. The van der Waals surface area contributed by atoms with E-state index in [1.165, 1.54) is 40.0 Å². The summed E-state index contributed by atoms with van der Waals surface area (Å²) in [6.07, 6.45) is 5.59. The van der Waals surface area contributed by atoms with Gasteiger partial charge in [0, 0.05) is 16.9 Å². The van der Waals surface area contributed by atoms with Crippen LogP contribution in [0.5, 0.6) is 5.75 Å². The molecule has 1 aliphatic carbocycles. The second-order valence-electron chi connectivity index (χ2n) is 7.63. The molecule has 0 radical (unpaired) electrons. The van der Waals surface area contributed by atoms with Crippen LogP contribution in [0, 0.1) is 11.8 Å². The minimum atomic E-state index is 0.131. The van der Waals surface area contributed by atoms with E-state index in [2.05, 4.69) is 59.2 Å². The second-order valence-corrected chi connectivity index (χ2v) is 8.65. The maximum absolute atomic E-state index is 6.00. The summed E-state index contributed by atoms with van der Waals surface area (Å²) in [5, 5.41) is 14.8. The third-order valence-corrected chi connectivity index (χ3v) is 5.79. The van der Waals surface area contributed by atoms with Crippen LogP contribution in [-0.2, 0) is 18.6 Å². The maximum Gasteiger partial charge on any atom is 0.135 e. The Kier molecular flexibility index (Phi) is 13.9. The molecule has 6 heteroatoms. The molecule has 0 heterocycles. The molecule has 0 fully saturated rings. The number of aryl methyl sites for hydroxylation is 1. The molecule has 0 aliphatic heterocycles. The Labute approximate surface area is 202 Å². The Morgan fingerprint density at radius 1 is 1.24 bits per heavy atom. The Morgan fingerprint density at radius 3 is 2.61 bits per heavy atom. The smallest absolute Gasteiger partial charge is 0.135 e. The van der Waals surface area contributed by atoms with Gasteiger partial charge in [-0.15, -0.1) is 17.7 Å². The van der Waals surface area contributed by atoms with Crippen molar-refractivity contribution in [2.24, 2.45) is 4.99 Å². The number of thioether (sulfide) groups is 1. The van der Waals surface area contributed by atoms with Crippen LogP contribution in [-0.4, -0.2) is 37.4 Å². The molecule has 5 nitrogen and oxygen atoms in total. The van der Waals surface area contributed by atoms with E-state index in [9.17, 15) is 0 Å². The van der Waals surface area contributed by atoms with Gasteiger partial charge in [-0.3, -0.25) is 15.5 Å². The fourth-order valence-corrected chi connectivity index (χ4v) is 4.53. The summed E-state index contributed by atoms with van der Waals surface area (Å²) in [6.45, 7) is 9.60. The number of hydrogen-bond donors (Lipinski definition) is 3. The first-order valence-corrected chi connectivity index (χ1v) is 11.9. The SMILES string of the molecule is C=N/C=C(\SCc1ccc(OC(C)C)c(C#CC)c1)c1cccc2c1CCC2.CNC.OO. The standard InChI is InChI=1S/C25H27NOS.C2H7N.H2O2/c1-5-8-21-15-19(13-14-24(21)27-18(2)3)17-28-25(16-26-4)23-12-7-10-20-9-6-11-22(20)23;1-3-2;1-2/h7,10,12-16,18H,4,6,9,11,17H2,1-3H3;3H,1-2H3;1-2H/b25-16-;;. The predicted octanol–water partition coefficient (Wildman–Crippen LogP) is 6.12. The average Bonchev–Trinajstić information content (AvgIpc) is 3.29. The summed E-state index contributed by atoms with van der Waals surface area (Å²) < 4.78 is 5.89. The first-order chi connectivity index (χ1) is 16.0. The molecule has 2 aromatic carbocycles. The summed E-state index contributed by atoms with van der Waals surface area (Å²) >= 11 is 1.80. The zero-order valence-corrected chi connectivity index (χ0v) is 21.1. The highest BCUT2D eigenvalue weighted by Gasteiger charge is 2.17. The van der Waals surface area contributed by atoms with Crippen LogP contribution in [0.3, 0.4) is 0 Å². The third kappa shape index (κ3) is 9.07. The van der Waals surface area contributed by atoms with Crippen molar-refractivity contribution < 1.29 is 15.3 Å². The summed E-state index contributed by atoms with van der Waals surface area (Å²) in [5.74, 6) is 7.87. The highest BCUT2D eigenvalue weighted by Crippen LogP contribution is 2.37. The molecule has 3 rings (SSSR count). The van der Waals surface area contributed by atoms with Crippen molar-refractivity contribution >= 4 is 23.4 Å². The fourth-order valence-electron chi connectivity index (χ4n) is 3.54. The predicted molar refractivity (Wildman–Crippen MR) is 142 cm³/mol. The summed E-state index contributed by atoms with van der Waals surface area (Å²) in [4.78, 5) is 5.25. The summed E-state index contributed by atoms with van der Waals surface area (Å²) in [6, 6.07) is 12.9. The van der Waals surface area contributed by atoms with Crippen LogP contribution in [0.4, 0.5) is 0 Å². The normalized spacial score (nSPS) is 11.8. The topological polar surface area (TPSA) is 74.1 Å². The van der Waals surface area contributed by atoms with Gasteiger partial charge in [0.15, 0.2) is 0 Å². The summed E-state index contributed by atoms with van der Waals surface area (Å²) in [5.41, 5.74) is 6.43. The van der Waals surface area contributed by atoms with Crippen LogP contribution < -0.4 is 10.1 Å². The fraction of sp³-hybridized carbons (Fsp3) is 0.370. The number of nitrogens with zero attached hydrogens (tertiary/aromatic N) is 1. The number of hydrogen-bond acceptors (Lipinski definition) is 6. The van der Waals surface area contributed by atoms with E-state index >= 15 is 0 Å². The van der Waals surface area contributed by atoms with Gasteiger partial charge in [-0.1, -0.05) is 30.2 Å². The molecular formula is C27H36N2O3S. The number of ether oxygens (including phenoxy) is 1. The van der Waals surface area contributed by atoms with Crippen LogP contribution >= 0.6 is 11.8 Å². The monoisotopic (exact) mass is 468 g/mol. The average molecular weight is 469 g/mol. The number of rotatable bonds is 7. The molecule has 0 amide bonds. The largest absolute Gasteiger partial charge is 0.490 e. The van der Waals surface area contributed by atoms with Gasteiger partial charge >= 0.3 is 0 Å². The van der Waals surface area contributed by atoms with Gasteiger partial charge < -0.3 is 10.1 Å². The van der Waals surface area contributed by atoms with E-state index in [0.717, 1.165) is 23.5 Å². The van der Waals surface area contributed by atoms with Crippen molar-refractivity contribution in [2.45, 2.75) is 51.9 Å². The zero-order chi connectivity index (χ0) is 24.6. The molecule has 3 N–H and O–H groups in total. The number of benzene rings is 2. The van der Waals surface area contributed by atoms with Gasteiger partial charge in [-0.25, -0.2) is 0 Å². The minimum absolute atomic E-state index is 0.131. The number of aliphatic imine (C=N–C) groups is 1. The van der Waals surface area contributed by atoms with Gasteiger partial charge in [0.1, 0.15) is 5.75 Å². The molecule has 33 heavy (non-hydrogen) atoms. The lowest BCUT2D eigenvalue weighted by molar-refractivity contribution is -0.176. The van der Waals surface area contributed by atoms with Gasteiger partial charge in [0.25, 0.3) is 0 Å². The van der Waals surface area contributed by atoms with Gasteiger partial charge in [0.05, 0.1) is 11.7 Å². The lowest BCUT2D eigenvalue weighted by Crippen LogP contribution is -2.07. The van der Waals surface area contributed by atoms with Crippen LogP contribution in [0.15, 0.2) is 47.6 Å². The van der Waals surface area contributed by atoms with E-state index in [-0.39, 0.29) is 6.10 Å². The maximum atomic E-state index is 6.00. The van der Waals surface area contributed by atoms with E-state index < -0.39 is 0 Å². The third-order valence-electron chi connectivity index (χ3n) is 4.68. The molecular weight excluding hydrogens is 432 g/mol. The molecule has 0 atom stereocenters. The Morgan fingerprint density at radius 2 is 1.97 bits per heavy atom. The van der Waals surface area contributed by atoms with E-state index in [4.69, 9.17) is 15.3 Å². The first kappa shape index (κ1) is 28.5.